The van der Waals surface area contributed by atoms with Crippen molar-refractivity contribution >= 4 is 5.69 Å². The Morgan fingerprint density at radius 3 is 2.72 bits per heavy atom. The van der Waals surface area contributed by atoms with Crippen LogP contribution in [0.15, 0.2) is 35.6 Å². The van der Waals surface area contributed by atoms with Gasteiger partial charge in [-0.2, -0.15) is 0 Å². The summed E-state index contributed by atoms with van der Waals surface area (Å²) in [6, 6.07) is 4.18. The smallest absolute Gasteiger partial charge is 0.221 e. The number of aryl methyl sites for hydroxylation is 1. The maximum absolute atomic E-state index is 13.3. The van der Waals surface area contributed by atoms with Gasteiger partial charge in [-0.05, 0) is 29.8 Å². The van der Waals surface area contributed by atoms with Crippen molar-refractivity contribution < 1.29 is 13.5 Å². The Kier molecular flexibility index (Phi) is 3.27. The summed E-state index contributed by atoms with van der Waals surface area (Å²) < 4.78 is 31.1. The molecule has 1 aromatic carbocycles. The molecule has 0 aliphatic rings. The molecule has 0 N–H and O–H groups in total. The first-order chi connectivity index (χ1) is 8.60. The Bertz CT molecular complexity index is 603. The molecule has 0 radical (unpaired) electrons. The molecule has 1 heterocycles. The largest absolute Gasteiger partial charge is 0.436 e. The minimum Gasteiger partial charge on any atom is -0.436 e. The standard InChI is InChI=1S/C12H8F2N2O2/c1-7-6-15-12(5-10(7)16-17)18-11-3-2-8(13)4-9(11)14/h2-6H,1H3. The van der Waals surface area contributed by atoms with Gasteiger partial charge in [0.15, 0.2) is 11.6 Å². The first-order valence-electron chi connectivity index (χ1n) is 5.03. The van der Waals surface area contributed by atoms with E-state index in [0.717, 1.165) is 12.1 Å². The van der Waals surface area contributed by atoms with Gasteiger partial charge in [0.2, 0.25) is 5.88 Å². The summed E-state index contributed by atoms with van der Waals surface area (Å²) in [6.45, 7) is 1.66. The van der Waals surface area contributed by atoms with Crippen LogP contribution in [0.4, 0.5) is 14.5 Å². The van der Waals surface area contributed by atoms with Gasteiger partial charge in [0, 0.05) is 18.3 Å². The van der Waals surface area contributed by atoms with Crippen molar-refractivity contribution in [3.05, 3.63) is 52.6 Å². The SMILES string of the molecule is Cc1cnc(Oc2ccc(F)cc2F)cc1N=O. The first-order valence-corrected chi connectivity index (χ1v) is 5.03. The van der Waals surface area contributed by atoms with Crippen LogP contribution in [0, 0.1) is 23.5 Å². The van der Waals surface area contributed by atoms with E-state index < -0.39 is 11.6 Å². The van der Waals surface area contributed by atoms with Crippen molar-refractivity contribution in [2.45, 2.75) is 6.92 Å². The summed E-state index contributed by atoms with van der Waals surface area (Å²) >= 11 is 0. The highest BCUT2D eigenvalue weighted by Gasteiger charge is 2.08. The number of hydrogen-bond donors (Lipinski definition) is 0. The van der Waals surface area contributed by atoms with E-state index in [1.165, 1.54) is 12.3 Å². The monoisotopic (exact) mass is 250 g/mol. The fraction of sp³-hybridized carbons (Fsp3) is 0.0833. The molecule has 1 aromatic heterocycles. The van der Waals surface area contributed by atoms with E-state index in [4.69, 9.17) is 4.74 Å². The number of nitroso groups, excluding NO2 is 1. The van der Waals surface area contributed by atoms with E-state index in [2.05, 4.69) is 10.2 Å². The number of hydrogen-bond acceptors (Lipinski definition) is 4. The number of pyridine rings is 1. The molecule has 2 aromatic rings. The lowest BCUT2D eigenvalue weighted by Crippen LogP contribution is -1.92. The lowest BCUT2D eigenvalue weighted by atomic mass is 10.2. The predicted octanol–water partition coefficient (Wildman–Crippen LogP) is 3.86. The molecule has 0 saturated carbocycles. The highest BCUT2D eigenvalue weighted by Crippen LogP contribution is 2.27. The summed E-state index contributed by atoms with van der Waals surface area (Å²) in [7, 11) is 0. The summed E-state index contributed by atoms with van der Waals surface area (Å²) in [5, 5.41) is 2.79. The third-order valence-electron chi connectivity index (χ3n) is 2.26. The molecule has 0 spiro atoms. The zero-order chi connectivity index (χ0) is 13.1. The fourth-order valence-electron chi connectivity index (χ4n) is 1.32. The molecule has 0 fully saturated rings. The van der Waals surface area contributed by atoms with Gasteiger partial charge in [-0.3, -0.25) is 0 Å². The van der Waals surface area contributed by atoms with E-state index >= 15 is 0 Å². The molecule has 0 saturated heterocycles. The highest BCUT2D eigenvalue weighted by molar-refractivity contribution is 5.47. The van der Waals surface area contributed by atoms with Crippen LogP contribution in [-0.4, -0.2) is 4.98 Å². The lowest BCUT2D eigenvalue weighted by molar-refractivity contribution is 0.423. The van der Waals surface area contributed by atoms with Crippen LogP contribution in [0.25, 0.3) is 0 Å². The second-order valence-electron chi connectivity index (χ2n) is 3.58. The lowest BCUT2D eigenvalue weighted by Gasteiger charge is -2.06. The van der Waals surface area contributed by atoms with Crippen LogP contribution in [0.1, 0.15) is 5.56 Å². The van der Waals surface area contributed by atoms with E-state index in [-0.39, 0.29) is 17.3 Å². The Hall–Kier alpha value is -2.37. The Labute approximate surface area is 101 Å². The minimum absolute atomic E-state index is 0.0145. The molecule has 4 nitrogen and oxygen atoms in total. The van der Waals surface area contributed by atoms with E-state index in [1.54, 1.807) is 6.92 Å². The van der Waals surface area contributed by atoms with Crippen molar-refractivity contribution in [1.29, 1.82) is 0 Å². The number of halogens is 2. The van der Waals surface area contributed by atoms with Crippen LogP contribution >= 0.6 is 0 Å². The normalized spacial score (nSPS) is 10.2. The van der Waals surface area contributed by atoms with Crippen LogP contribution in [0.5, 0.6) is 11.6 Å². The Morgan fingerprint density at radius 1 is 1.28 bits per heavy atom. The molecule has 0 aliphatic carbocycles. The molecule has 0 amide bonds. The van der Waals surface area contributed by atoms with Gasteiger partial charge < -0.3 is 4.74 Å². The number of ether oxygens (including phenoxy) is 1. The van der Waals surface area contributed by atoms with Crippen LogP contribution < -0.4 is 4.74 Å². The third-order valence-corrected chi connectivity index (χ3v) is 2.26. The second-order valence-corrected chi connectivity index (χ2v) is 3.58. The predicted molar refractivity (Wildman–Crippen MR) is 60.9 cm³/mol. The van der Waals surface area contributed by atoms with E-state index in [0.29, 0.717) is 11.6 Å². The summed E-state index contributed by atoms with van der Waals surface area (Å²) in [5.41, 5.74) is 0.736. The Morgan fingerprint density at radius 2 is 2.06 bits per heavy atom. The van der Waals surface area contributed by atoms with E-state index in [1.807, 2.05) is 0 Å². The van der Waals surface area contributed by atoms with Crippen molar-refractivity contribution in [1.82, 2.24) is 4.98 Å². The van der Waals surface area contributed by atoms with Crippen molar-refractivity contribution in [2.24, 2.45) is 5.18 Å². The van der Waals surface area contributed by atoms with Crippen molar-refractivity contribution in [3.63, 3.8) is 0 Å². The average molecular weight is 250 g/mol. The maximum Gasteiger partial charge on any atom is 0.221 e. The number of rotatable bonds is 3. The van der Waals surface area contributed by atoms with Gasteiger partial charge in [0.25, 0.3) is 0 Å². The third kappa shape index (κ3) is 2.48. The van der Waals surface area contributed by atoms with Gasteiger partial charge >= 0.3 is 0 Å². The molecule has 6 heteroatoms. The van der Waals surface area contributed by atoms with Gasteiger partial charge in [-0.25, -0.2) is 13.8 Å². The molecule has 92 valence electrons. The zero-order valence-corrected chi connectivity index (χ0v) is 9.35. The topological polar surface area (TPSA) is 51.6 Å². The van der Waals surface area contributed by atoms with E-state index in [9.17, 15) is 13.7 Å². The molecule has 2 rings (SSSR count). The molecule has 0 aliphatic heterocycles. The van der Waals surface area contributed by atoms with Gasteiger partial charge in [0.1, 0.15) is 11.5 Å². The molecule has 18 heavy (non-hydrogen) atoms. The summed E-state index contributed by atoms with van der Waals surface area (Å²) in [5.74, 6) is -1.71. The molecule has 0 bridgehead atoms. The average Bonchev–Trinajstić information content (AvgIpc) is 2.35. The van der Waals surface area contributed by atoms with Crippen molar-refractivity contribution in [3.8, 4) is 11.6 Å². The molecular weight excluding hydrogens is 242 g/mol. The zero-order valence-electron chi connectivity index (χ0n) is 9.35. The molecule has 0 unspecified atom stereocenters. The van der Waals surface area contributed by atoms with Crippen LogP contribution in [0.2, 0.25) is 0 Å². The second kappa shape index (κ2) is 4.87. The summed E-state index contributed by atoms with van der Waals surface area (Å²) in [4.78, 5) is 14.4. The van der Waals surface area contributed by atoms with Gasteiger partial charge in [0.05, 0.1) is 0 Å². The quantitative estimate of drug-likeness (QED) is 0.777. The fourth-order valence-corrected chi connectivity index (χ4v) is 1.32. The van der Waals surface area contributed by atoms with Crippen LogP contribution in [0.3, 0.4) is 0 Å². The van der Waals surface area contributed by atoms with Crippen molar-refractivity contribution in [2.75, 3.05) is 0 Å². The Balaban J connectivity index is 2.31. The summed E-state index contributed by atoms with van der Waals surface area (Å²) in [6.07, 6.45) is 1.38. The number of aromatic nitrogens is 1. The number of benzene rings is 1. The maximum atomic E-state index is 13.3. The molecular formula is C12H8F2N2O2. The first kappa shape index (κ1) is 12.1. The number of nitrogens with zero attached hydrogens (tertiary/aromatic N) is 2. The highest BCUT2D eigenvalue weighted by atomic mass is 19.1. The van der Waals surface area contributed by atoms with Gasteiger partial charge in [-0.1, -0.05) is 0 Å². The molecule has 0 atom stereocenters. The minimum atomic E-state index is -0.849. The van der Waals surface area contributed by atoms with Gasteiger partial charge in [-0.15, -0.1) is 4.91 Å². The van der Waals surface area contributed by atoms with Crippen LogP contribution in [-0.2, 0) is 0 Å².